The maximum atomic E-state index is 13.5. The van der Waals surface area contributed by atoms with Gasteiger partial charge in [0.2, 0.25) is 0 Å². The van der Waals surface area contributed by atoms with Crippen LogP contribution in [0.5, 0.6) is 5.75 Å². The Hall–Kier alpha value is -3.86. The second-order valence-electron chi connectivity index (χ2n) is 9.31. The van der Waals surface area contributed by atoms with Crippen LogP contribution in [-0.4, -0.2) is 21.4 Å². The topological polar surface area (TPSA) is 68.5 Å². The van der Waals surface area contributed by atoms with Gasteiger partial charge in [0, 0.05) is 41.2 Å². The molecule has 0 saturated carbocycles. The summed E-state index contributed by atoms with van der Waals surface area (Å²) in [6.45, 7) is 5.32. The van der Waals surface area contributed by atoms with Crippen LogP contribution in [0.25, 0.3) is 10.9 Å². The molecular formula is C30H31NO4. The number of carboxylic acids is 1. The quantitative estimate of drug-likeness (QED) is 0.254. The molecule has 0 aliphatic carbocycles. The average molecular weight is 470 g/mol. The maximum Gasteiger partial charge on any atom is 0.303 e. The van der Waals surface area contributed by atoms with E-state index in [1.54, 1.807) is 0 Å². The van der Waals surface area contributed by atoms with Crippen molar-refractivity contribution in [3.8, 4) is 5.75 Å². The Morgan fingerprint density at radius 1 is 0.943 bits per heavy atom. The molecule has 0 aliphatic heterocycles. The summed E-state index contributed by atoms with van der Waals surface area (Å²) in [4.78, 5) is 24.4. The molecule has 5 heteroatoms. The number of ether oxygens (including phenoxy) is 1. The number of para-hydroxylation sites is 1. The zero-order chi connectivity index (χ0) is 24.8. The molecule has 1 heterocycles. The predicted molar refractivity (Wildman–Crippen MR) is 138 cm³/mol. The Bertz CT molecular complexity index is 1340. The zero-order valence-electron chi connectivity index (χ0n) is 20.2. The normalized spacial score (nSPS) is 11.2. The van der Waals surface area contributed by atoms with E-state index in [-0.39, 0.29) is 12.2 Å². The van der Waals surface area contributed by atoms with Gasteiger partial charge in [-0.25, -0.2) is 0 Å². The number of carbonyl (C=O) groups excluding carboxylic acids is 1. The van der Waals surface area contributed by atoms with Crippen LogP contribution in [0.15, 0.2) is 79.0 Å². The fourth-order valence-electron chi connectivity index (χ4n) is 4.37. The highest BCUT2D eigenvalue weighted by atomic mass is 16.5. The molecule has 0 fully saturated rings. The van der Waals surface area contributed by atoms with Gasteiger partial charge in [0.15, 0.2) is 5.78 Å². The minimum atomic E-state index is -0.816. The fourth-order valence-corrected chi connectivity index (χ4v) is 4.37. The van der Waals surface area contributed by atoms with Crippen LogP contribution in [-0.2, 0) is 24.4 Å². The van der Waals surface area contributed by atoms with Gasteiger partial charge in [-0.3, -0.25) is 9.59 Å². The first kappa shape index (κ1) is 24.3. The Labute approximate surface area is 206 Å². The van der Waals surface area contributed by atoms with Crippen molar-refractivity contribution in [2.24, 2.45) is 5.92 Å². The summed E-state index contributed by atoms with van der Waals surface area (Å²) in [6.07, 6.45) is 3.45. The van der Waals surface area contributed by atoms with E-state index in [0.717, 1.165) is 28.6 Å². The van der Waals surface area contributed by atoms with Crippen LogP contribution in [0.4, 0.5) is 0 Å². The number of aromatic nitrogens is 1. The van der Waals surface area contributed by atoms with Crippen molar-refractivity contribution >= 4 is 22.7 Å². The summed E-state index contributed by atoms with van der Waals surface area (Å²) in [5.74, 6) is 0.530. The van der Waals surface area contributed by atoms with Gasteiger partial charge in [-0.2, -0.15) is 0 Å². The van der Waals surface area contributed by atoms with Crippen molar-refractivity contribution in [3.05, 3.63) is 101 Å². The van der Waals surface area contributed by atoms with Gasteiger partial charge in [0.05, 0.1) is 0 Å². The summed E-state index contributed by atoms with van der Waals surface area (Å²) in [5.41, 5.74) is 4.34. The molecule has 3 aromatic carbocycles. The van der Waals surface area contributed by atoms with E-state index in [1.807, 2.05) is 71.4 Å². The first-order valence-corrected chi connectivity index (χ1v) is 12.1. The Balaban J connectivity index is 1.52. The molecule has 5 nitrogen and oxygen atoms in total. The number of benzene rings is 3. The monoisotopic (exact) mass is 469 g/mol. The first-order valence-electron chi connectivity index (χ1n) is 12.1. The van der Waals surface area contributed by atoms with Gasteiger partial charge in [-0.1, -0.05) is 62.4 Å². The highest BCUT2D eigenvalue weighted by Gasteiger charge is 2.17. The van der Waals surface area contributed by atoms with E-state index in [2.05, 4.69) is 26.0 Å². The van der Waals surface area contributed by atoms with E-state index in [0.29, 0.717) is 36.6 Å². The number of aliphatic carboxylic acids is 1. The van der Waals surface area contributed by atoms with Crippen molar-refractivity contribution in [1.29, 1.82) is 0 Å². The molecular weight excluding hydrogens is 438 g/mol. The van der Waals surface area contributed by atoms with Gasteiger partial charge in [0.25, 0.3) is 0 Å². The van der Waals surface area contributed by atoms with Crippen molar-refractivity contribution in [2.45, 2.75) is 46.3 Å². The molecule has 0 unspecified atom stereocenters. The number of nitrogens with zero attached hydrogens (tertiary/aromatic N) is 1. The third kappa shape index (κ3) is 6.18. The van der Waals surface area contributed by atoms with E-state index < -0.39 is 5.97 Å². The smallest absolute Gasteiger partial charge is 0.303 e. The van der Waals surface area contributed by atoms with Gasteiger partial charge in [-0.05, 0) is 54.2 Å². The lowest BCUT2D eigenvalue weighted by Crippen LogP contribution is -2.04. The van der Waals surface area contributed by atoms with Crippen molar-refractivity contribution in [3.63, 3.8) is 0 Å². The van der Waals surface area contributed by atoms with E-state index in [9.17, 15) is 9.59 Å². The fraction of sp³-hybridized carbons (Fsp3) is 0.267. The molecule has 35 heavy (non-hydrogen) atoms. The molecule has 0 atom stereocenters. The number of fused-ring (bicyclic) bond motifs is 1. The molecule has 180 valence electrons. The zero-order valence-corrected chi connectivity index (χ0v) is 20.2. The summed E-state index contributed by atoms with van der Waals surface area (Å²) in [7, 11) is 0. The number of hydrogen-bond donors (Lipinski definition) is 1. The predicted octanol–water partition coefficient (Wildman–Crippen LogP) is 6.51. The third-order valence-electron chi connectivity index (χ3n) is 5.96. The van der Waals surface area contributed by atoms with Gasteiger partial charge in [0.1, 0.15) is 12.4 Å². The number of hydrogen-bond acceptors (Lipinski definition) is 3. The second kappa shape index (κ2) is 11.0. The number of ketones is 1. The van der Waals surface area contributed by atoms with Crippen molar-refractivity contribution < 1.29 is 19.4 Å². The number of rotatable bonds is 11. The molecule has 4 rings (SSSR count). The van der Waals surface area contributed by atoms with Crippen molar-refractivity contribution in [1.82, 2.24) is 4.57 Å². The molecule has 0 amide bonds. The molecule has 0 bridgehead atoms. The standard InChI is InChI=1S/C30H31NO4/c1-21(2)16-22-8-6-11-25(18-22)35-20-23-9-5-10-24(17-23)30(34)27-19-31(15-7-14-29(32)33)28-13-4-3-12-26(27)28/h3-6,8-13,17-19,21H,7,14-16,20H2,1-2H3,(H,32,33). The van der Waals surface area contributed by atoms with Gasteiger partial charge >= 0.3 is 5.97 Å². The highest BCUT2D eigenvalue weighted by Crippen LogP contribution is 2.25. The van der Waals surface area contributed by atoms with E-state index in [4.69, 9.17) is 9.84 Å². The molecule has 0 spiro atoms. The lowest BCUT2D eigenvalue weighted by Gasteiger charge is -2.10. The van der Waals surface area contributed by atoms with Gasteiger partial charge < -0.3 is 14.4 Å². The number of carbonyl (C=O) groups is 2. The van der Waals surface area contributed by atoms with Crippen molar-refractivity contribution in [2.75, 3.05) is 0 Å². The maximum absolute atomic E-state index is 13.5. The largest absolute Gasteiger partial charge is 0.489 e. The summed E-state index contributed by atoms with van der Waals surface area (Å²) < 4.78 is 8.00. The van der Waals surface area contributed by atoms with Gasteiger partial charge in [-0.15, -0.1) is 0 Å². The van der Waals surface area contributed by atoms with E-state index in [1.165, 1.54) is 5.56 Å². The Morgan fingerprint density at radius 2 is 1.71 bits per heavy atom. The number of aryl methyl sites for hydroxylation is 1. The van der Waals surface area contributed by atoms with Crippen LogP contribution in [0.3, 0.4) is 0 Å². The summed E-state index contributed by atoms with van der Waals surface area (Å²) >= 11 is 0. The second-order valence-corrected chi connectivity index (χ2v) is 9.31. The van der Waals surface area contributed by atoms with Crippen LogP contribution in [0, 0.1) is 5.92 Å². The highest BCUT2D eigenvalue weighted by molar-refractivity contribution is 6.16. The lowest BCUT2D eigenvalue weighted by atomic mass is 10.0. The minimum Gasteiger partial charge on any atom is -0.489 e. The lowest BCUT2D eigenvalue weighted by molar-refractivity contribution is -0.137. The Morgan fingerprint density at radius 3 is 2.51 bits per heavy atom. The van der Waals surface area contributed by atoms with E-state index >= 15 is 0 Å². The molecule has 0 radical (unpaired) electrons. The molecule has 0 saturated heterocycles. The average Bonchev–Trinajstić information content (AvgIpc) is 3.21. The van der Waals surface area contributed by atoms with Crippen LogP contribution >= 0.6 is 0 Å². The summed E-state index contributed by atoms with van der Waals surface area (Å²) in [5, 5.41) is 9.84. The minimum absolute atomic E-state index is 0.0565. The van der Waals surface area contributed by atoms with Crippen LogP contribution < -0.4 is 4.74 Å². The third-order valence-corrected chi connectivity index (χ3v) is 5.96. The molecule has 4 aromatic rings. The first-order chi connectivity index (χ1) is 16.9. The molecule has 0 aliphatic rings. The van der Waals surface area contributed by atoms with Crippen LogP contribution in [0.2, 0.25) is 0 Å². The summed E-state index contributed by atoms with van der Waals surface area (Å²) in [6, 6.07) is 23.5. The Kier molecular flexibility index (Phi) is 7.66. The molecule has 1 aromatic heterocycles. The SMILES string of the molecule is CC(C)Cc1cccc(OCc2cccc(C(=O)c3cn(CCCC(=O)O)c4ccccc34)c2)c1. The van der Waals surface area contributed by atoms with Crippen LogP contribution in [0.1, 0.15) is 53.7 Å². The number of carboxylic acid groups (broad SMARTS) is 1. The molecule has 1 N–H and O–H groups in total.